The van der Waals surface area contributed by atoms with Crippen LogP contribution in [0.25, 0.3) is 0 Å². The molecule has 1 aliphatic carbocycles. The summed E-state index contributed by atoms with van der Waals surface area (Å²) in [6, 6.07) is 7.81. The van der Waals surface area contributed by atoms with Crippen LogP contribution in [0.3, 0.4) is 0 Å². The smallest absolute Gasteiger partial charge is 0.345 e. The molecule has 4 rings (SSSR count). The van der Waals surface area contributed by atoms with Crippen LogP contribution in [-0.2, 0) is 30.2 Å². The fourth-order valence-electron chi connectivity index (χ4n) is 4.74. The molecule has 0 spiro atoms. The number of aromatic nitrogens is 3. The normalized spacial score (nSPS) is 21.6. The highest BCUT2D eigenvalue weighted by Crippen LogP contribution is 2.40. The van der Waals surface area contributed by atoms with Crippen molar-refractivity contribution in [3.63, 3.8) is 0 Å². The van der Waals surface area contributed by atoms with Crippen molar-refractivity contribution < 1.29 is 4.79 Å². The second-order valence-electron chi connectivity index (χ2n) is 8.12. The Bertz CT molecular complexity index is 909. The van der Waals surface area contributed by atoms with Gasteiger partial charge in [0, 0.05) is 31.1 Å². The van der Waals surface area contributed by atoms with Crippen LogP contribution in [0.5, 0.6) is 0 Å². The molecule has 1 aromatic heterocycles. The number of fused-ring (bicyclic) bond motifs is 1. The summed E-state index contributed by atoms with van der Waals surface area (Å²) in [6.45, 7) is 0.598. The van der Waals surface area contributed by atoms with Crippen LogP contribution in [0.1, 0.15) is 56.3 Å². The molecule has 6 nitrogen and oxygen atoms in total. The molecule has 150 valence electrons. The standard InChI is InChI=1S/C21H27ClN4O2/c1-25-20(28)26-14-11-17(9-10-18(26)24-25)23-19(27)21(12-3-2-4-13-21)15-5-7-16(22)8-6-15/h5-8,17H,2-4,9-14H2,1H3,(H,23,27). The van der Waals surface area contributed by atoms with Gasteiger partial charge in [0.2, 0.25) is 5.91 Å². The second kappa shape index (κ2) is 7.74. The van der Waals surface area contributed by atoms with Crippen molar-refractivity contribution >= 4 is 17.5 Å². The van der Waals surface area contributed by atoms with Gasteiger partial charge in [-0.05, 0) is 43.4 Å². The van der Waals surface area contributed by atoms with Crippen molar-refractivity contribution in [3.05, 3.63) is 51.2 Å². The predicted molar refractivity (Wildman–Crippen MR) is 109 cm³/mol. The molecular weight excluding hydrogens is 376 g/mol. The summed E-state index contributed by atoms with van der Waals surface area (Å²) in [5, 5.41) is 8.33. The van der Waals surface area contributed by atoms with E-state index in [0.717, 1.165) is 49.9 Å². The summed E-state index contributed by atoms with van der Waals surface area (Å²) in [7, 11) is 1.68. The van der Waals surface area contributed by atoms with Crippen molar-refractivity contribution in [2.24, 2.45) is 7.05 Å². The van der Waals surface area contributed by atoms with Gasteiger partial charge in [0.25, 0.3) is 0 Å². The predicted octanol–water partition coefficient (Wildman–Crippen LogP) is 2.96. The van der Waals surface area contributed by atoms with Crippen molar-refractivity contribution in [3.8, 4) is 0 Å². The van der Waals surface area contributed by atoms with E-state index in [1.54, 1.807) is 11.6 Å². The van der Waals surface area contributed by atoms with Crippen molar-refractivity contribution in [1.82, 2.24) is 19.7 Å². The number of rotatable bonds is 3. The van der Waals surface area contributed by atoms with Gasteiger partial charge >= 0.3 is 5.69 Å². The number of carbonyl (C=O) groups excluding carboxylic acids is 1. The average Bonchev–Trinajstić information content (AvgIpc) is 2.85. The Kier molecular flexibility index (Phi) is 5.32. The molecule has 1 atom stereocenters. The van der Waals surface area contributed by atoms with Crippen LogP contribution >= 0.6 is 11.6 Å². The molecular formula is C21H27ClN4O2. The topological polar surface area (TPSA) is 68.9 Å². The third kappa shape index (κ3) is 3.50. The van der Waals surface area contributed by atoms with Crippen molar-refractivity contribution in [1.29, 1.82) is 0 Å². The van der Waals surface area contributed by atoms with Gasteiger partial charge in [-0.25, -0.2) is 9.48 Å². The second-order valence-corrected chi connectivity index (χ2v) is 8.56. The first-order valence-corrected chi connectivity index (χ1v) is 10.6. The van der Waals surface area contributed by atoms with Crippen molar-refractivity contribution in [2.45, 2.75) is 69.4 Å². The third-order valence-electron chi connectivity index (χ3n) is 6.38. The highest BCUT2D eigenvalue weighted by Gasteiger charge is 2.41. The summed E-state index contributed by atoms with van der Waals surface area (Å²) in [4.78, 5) is 25.7. The van der Waals surface area contributed by atoms with E-state index in [-0.39, 0.29) is 17.6 Å². The van der Waals surface area contributed by atoms with E-state index < -0.39 is 5.41 Å². The van der Waals surface area contributed by atoms with Gasteiger partial charge in [-0.1, -0.05) is 43.0 Å². The van der Waals surface area contributed by atoms with Gasteiger partial charge in [-0.3, -0.25) is 9.36 Å². The maximum absolute atomic E-state index is 13.5. The fraction of sp³-hybridized carbons (Fsp3) is 0.571. The fourth-order valence-corrected chi connectivity index (χ4v) is 4.86. The Morgan fingerprint density at radius 1 is 1.18 bits per heavy atom. The zero-order chi connectivity index (χ0) is 19.7. The average molecular weight is 403 g/mol. The number of nitrogens with zero attached hydrogens (tertiary/aromatic N) is 3. The zero-order valence-electron chi connectivity index (χ0n) is 16.3. The minimum absolute atomic E-state index is 0.0602. The summed E-state index contributed by atoms with van der Waals surface area (Å²) in [5.74, 6) is 0.932. The number of nitrogens with one attached hydrogen (secondary N) is 1. The molecule has 1 aromatic carbocycles. The molecule has 1 amide bonds. The van der Waals surface area contributed by atoms with E-state index in [4.69, 9.17) is 11.6 Å². The Morgan fingerprint density at radius 2 is 1.89 bits per heavy atom. The van der Waals surface area contributed by atoms with Gasteiger partial charge in [0.1, 0.15) is 5.82 Å². The van der Waals surface area contributed by atoms with Gasteiger partial charge in [-0.2, -0.15) is 5.10 Å². The quantitative estimate of drug-likeness (QED) is 0.858. The number of hydrogen-bond acceptors (Lipinski definition) is 3. The van der Waals surface area contributed by atoms with Crippen molar-refractivity contribution in [2.75, 3.05) is 0 Å². The SMILES string of the molecule is Cn1nc2n(c1=O)CCC(NC(=O)C1(c3ccc(Cl)cc3)CCCCC1)CC2. The lowest BCUT2D eigenvalue weighted by Crippen LogP contribution is -2.49. The van der Waals surface area contributed by atoms with Crippen LogP contribution in [-0.4, -0.2) is 26.3 Å². The minimum atomic E-state index is -0.473. The molecule has 2 aromatic rings. The summed E-state index contributed by atoms with van der Waals surface area (Å²) in [5.41, 5.74) is 0.509. The number of amides is 1. The highest BCUT2D eigenvalue weighted by atomic mass is 35.5. The molecule has 7 heteroatoms. The van der Waals surface area contributed by atoms with Gasteiger partial charge in [-0.15, -0.1) is 0 Å². The van der Waals surface area contributed by atoms with E-state index in [1.807, 2.05) is 24.3 Å². The van der Waals surface area contributed by atoms with E-state index >= 15 is 0 Å². The van der Waals surface area contributed by atoms with Gasteiger partial charge in [0.15, 0.2) is 0 Å². The maximum Gasteiger partial charge on any atom is 0.345 e. The Labute approximate surface area is 169 Å². The molecule has 1 saturated carbocycles. The Hall–Kier alpha value is -2.08. The lowest BCUT2D eigenvalue weighted by molar-refractivity contribution is -0.128. The van der Waals surface area contributed by atoms with Crippen LogP contribution < -0.4 is 11.0 Å². The van der Waals surface area contributed by atoms with Crippen LogP contribution in [0.4, 0.5) is 0 Å². The number of halogens is 1. The summed E-state index contributed by atoms with van der Waals surface area (Å²) >= 11 is 6.07. The number of aryl methyl sites for hydroxylation is 2. The molecule has 1 unspecified atom stereocenters. The Balaban J connectivity index is 1.52. The van der Waals surface area contributed by atoms with E-state index in [0.29, 0.717) is 18.0 Å². The minimum Gasteiger partial charge on any atom is -0.353 e. The first-order chi connectivity index (χ1) is 13.5. The molecule has 0 saturated heterocycles. The molecule has 1 N–H and O–H groups in total. The Morgan fingerprint density at radius 3 is 2.61 bits per heavy atom. The summed E-state index contributed by atoms with van der Waals surface area (Å²) < 4.78 is 3.13. The third-order valence-corrected chi connectivity index (χ3v) is 6.63. The first kappa shape index (κ1) is 19.2. The molecule has 1 fully saturated rings. The number of benzene rings is 1. The molecule has 0 radical (unpaired) electrons. The maximum atomic E-state index is 13.5. The van der Waals surface area contributed by atoms with Crippen LogP contribution in [0.2, 0.25) is 5.02 Å². The lowest BCUT2D eigenvalue weighted by atomic mass is 9.68. The van der Waals surface area contributed by atoms with E-state index in [9.17, 15) is 9.59 Å². The van der Waals surface area contributed by atoms with Crippen LogP contribution in [0, 0.1) is 0 Å². The summed E-state index contributed by atoms with van der Waals surface area (Å²) in [6.07, 6.45) is 7.30. The molecule has 2 aliphatic rings. The molecule has 0 bridgehead atoms. The monoisotopic (exact) mass is 402 g/mol. The first-order valence-electron chi connectivity index (χ1n) is 10.2. The number of hydrogen-bond donors (Lipinski definition) is 1. The van der Waals surface area contributed by atoms with Gasteiger partial charge in [0.05, 0.1) is 5.41 Å². The van der Waals surface area contributed by atoms with Gasteiger partial charge < -0.3 is 5.32 Å². The molecule has 28 heavy (non-hydrogen) atoms. The van der Waals surface area contributed by atoms with E-state index in [1.165, 1.54) is 11.1 Å². The zero-order valence-corrected chi connectivity index (χ0v) is 17.0. The highest BCUT2D eigenvalue weighted by molar-refractivity contribution is 6.30. The molecule has 1 aliphatic heterocycles. The lowest BCUT2D eigenvalue weighted by Gasteiger charge is -2.37. The number of carbonyl (C=O) groups is 1. The largest absolute Gasteiger partial charge is 0.353 e. The van der Waals surface area contributed by atoms with Crippen LogP contribution in [0.15, 0.2) is 29.1 Å². The van der Waals surface area contributed by atoms with E-state index in [2.05, 4.69) is 10.4 Å². The molecule has 2 heterocycles.